The van der Waals surface area contributed by atoms with Crippen LogP contribution in [0, 0.1) is 17.8 Å². The number of hydrogen-bond donors (Lipinski definition) is 2. The maximum absolute atomic E-state index is 12.2. The van der Waals surface area contributed by atoms with Crippen LogP contribution in [0.4, 0.5) is 0 Å². The van der Waals surface area contributed by atoms with Crippen LogP contribution in [0.5, 0.6) is 0 Å². The van der Waals surface area contributed by atoms with Crippen molar-refractivity contribution < 1.29 is 14.7 Å². The monoisotopic (exact) mass is 279 g/mol. The fourth-order valence-electron chi connectivity index (χ4n) is 2.60. The molecule has 5 heteroatoms. The van der Waals surface area contributed by atoms with E-state index in [0.29, 0.717) is 23.3 Å². The van der Waals surface area contributed by atoms with Gasteiger partial charge < -0.3 is 10.4 Å². The maximum atomic E-state index is 12.2. The van der Waals surface area contributed by atoms with Crippen LogP contribution in [0.2, 0.25) is 0 Å². The predicted molar refractivity (Wildman–Crippen MR) is 72.1 cm³/mol. The second-order valence-corrected chi connectivity index (χ2v) is 6.66. The molecule has 0 atom stereocenters. The van der Waals surface area contributed by atoms with E-state index in [2.05, 4.69) is 5.32 Å². The van der Waals surface area contributed by atoms with Gasteiger partial charge in [0, 0.05) is 10.8 Å². The van der Waals surface area contributed by atoms with Gasteiger partial charge in [0.05, 0.1) is 6.54 Å². The quantitative estimate of drug-likeness (QED) is 0.840. The van der Waals surface area contributed by atoms with Crippen molar-refractivity contribution in [1.82, 2.24) is 5.32 Å². The van der Waals surface area contributed by atoms with E-state index < -0.39 is 5.97 Å². The lowest BCUT2D eigenvalue weighted by molar-refractivity contribution is -0.126. The normalized spacial score (nSPS) is 18.6. The van der Waals surface area contributed by atoms with Crippen molar-refractivity contribution in [1.29, 1.82) is 0 Å². The third kappa shape index (κ3) is 2.97. The van der Waals surface area contributed by atoms with E-state index in [0.717, 1.165) is 4.88 Å². The fraction of sp³-hybridized carbons (Fsp3) is 0.571. The zero-order valence-electron chi connectivity index (χ0n) is 10.6. The Balaban J connectivity index is 1.55. The summed E-state index contributed by atoms with van der Waals surface area (Å²) >= 11 is 1.23. The van der Waals surface area contributed by atoms with E-state index in [1.807, 2.05) is 0 Å². The number of carboxylic acid groups (broad SMARTS) is 1. The van der Waals surface area contributed by atoms with Gasteiger partial charge in [-0.25, -0.2) is 4.79 Å². The van der Waals surface area contributed by atoms with Gasteiger partial charge in [-0.1, -0.05) is 0 Å². The number of amides is 1. The van der Waals surface area contributed by atoms with Crippen molar-refractivity contribution in [2.75, 3.05) is 0 Å². The Morgan fingerprint density at radius 2 is 1.89 bits per heavy atom. The van der Waals surface area contributed by atoms with Gasteiger partial charge in [0.1, 0.15) is 4.88 Å². The predicted octanol–water partition coefficient (Wildman–Crippen LogP) is 2.50. The van der Waals surface area contributed by atoms with Crippen LogP contribution in [-0.2, 0) is 11.3 Å². The molecule has 0 radical (unpaired) electrons. The molecule has 1 aromatic rings. The van der Waals surface area contributed by atoms with Gasteiger partial charge in [-0.3, -0.25) is 4.79 Å². The molecule has 1 heterocycles. The maximum Gasteiger partial charge on any atom is 0.345 e. The van der Waals surface area contributed by atoms with E-state index in [1.165, 1.54) is 37.0 Å². The highest BCUT2D eigenvalue weighted by molar-refractivity contribution is 7.13. The molecular formula is C14H17NO3S. The number of rotatable bonds is 6. The summed E-state index contributed by atoms with van der Waals surface area (Å²) in [7, 11) is 0. The molecular weight excluding hydrogens is 262 g/mol. The van der Waals surface area contributed by atoms with Gasteiger partial charge in [0.15, 0.2) is 0 Å². The molecule has 2 fully saturated rings. The van der Waals surface area contributed by atoms with Crippen LogP contribution in [-0.4, -0.2) is 17.0 Å². The van der Waals surface area contributed by atoms with Gasteiger partial charge in [0.25, 0.3) is 0 Å². The summed E-state index contributed by atoms with van der Waals surface area (Å²) in [4.78, 5) is 24.2. The molecule has 4 nitrogen and oxygen atoms in total. The van der Waals surface area contributed by atoms with Crippen LogP contribution >= 0.6 is 11.3 Å². The third-order valence-corrected chi connectivity index (χ3v) is 4.95. The molecule has 0 aromatic carbocycles. The minimum absolute atomic E-state index is 0.162. The van der Waals surface area contributed by atoms with Crippen molar-refractivity contribution in [3.05, 3.63) is 21.9 Å². The number of aromatic carboxylic acids is 1. The molecule has 2 N–H and O–H groups in total. The molecule has 1 aromatic heterocycles. The second-order valence-electron chi connectivity index (χ2n) is 5.49. The van der Waals surface area contributed by atoms with Crippen LogP contribution in [0.15, 0.2) is 12.1 Å². The van der Waals surface area contributed by atoms with E-state index >= 15 is 0 Å². The minimum atomic E-state index is -0.906. The first kappa shape index (κ1) is 12.7. The number of hydrogen-bond acceptors (Lipinski definition) is 3. The zero-order valence-corrected chi connectivity index (χ0v) is 11.4. The largest absolute Gasteiger partial charge is 0.477 e. The Morgan fingerprint density at radius 1 is 1.26 bits per heavy atom. The van der Waals surface area contributed by atoms with E-state index in [4.69, 9.17) is 5.11 Å². The fourth-order valence-corrected chi connectivity index (χ4v) is 3.39. The van der Waals surface area contributed by atoms with Crippen LogP contribution in [0.25, 0.3) is 0 Å². The highest BCUT2D eigenvalue weighted by atomic mass is 32.1. The molecule has 0 saturated heterocycles. The molecule has 1 amide bonds. The number of carbonyl (C=O) groups is 2. The average Bonchev–Trinajstić information content (AvgIpc) is 3.29. The highest BCUT2D eigenvalue weighted by Crippen LogP contribution is 2.49. The Bertz CT molecular complexity index is 491. The highest BCUT2D eigenvalue weighted by Gasteiger charge is 2.45. The Morgan fingerprint density at radius 3 is 2.37 bits per heavy atom. The molecule has 2 saturated carbocycles. The van der Waals surface area contributed by atoms with Gasteiger partial charge in [-0.2, -0.15) is 0 Å². The van der Waals surface area contributed by atoms with Crippen LogP contribution < -0.4 is 5.32 Å². The van der Waals surface area contributed by atoms with E-state index in [1.54, 1.807) is 12.1 Å². The molecule has 0 aliphatic heterocycles. The number of nitrogens with one attached hydrogen (secondary N) is 1. The first-order valence-electron chi connectivity index (χ1n) is 6.75. The Kier molecular flexibility index (Phi) is 3.31. The lowest BCUT2D eigenvalue weighted by Gasteiger charge is -2.14. The summed E-state index contributed by atoms with van der Waals surface area (Å²) in [6.45, 7) is 0.451. The van der Waals surface area contributed by atoms with Gasteiger partial charge >= 0.3 is 5.97 Å². The molecule has 3 rings (SSSR count). The van der Waals surface area contributed by atoms with Gasteiger partial charge in [-0.15, -0.1) is 11.3 Å². The van der Waals surface area contributed by atoms with Crippen molar-refractivity contribution >= 4 is 23.2 Å². The topological polar surface area (TPSA) is 66.4 Å². The summed E-state index contributed by atoms with van der Waals surface area (Å²) < 4.78 is 0. The minimum Gasteiger partial charge on any atom is -0.477 e. The summed E-state index contributed by atoms with van der Waals surface area (Å²) in [5.74, 6) is 0.668. The van der Waals surface area contributed by atoms with Crippen LogP contribution in [0.3, 0.4) is 0 Å². The first-order chi connectivity index (χ1) is 9.15. The second kappa shape index (κ2) is 4.96. The van der Waals surface area contributed by atoms with Crippen molar-refractivity contribution in [2.45, 2.75) is 32.2 Å². The number of thiophene rings is 1. The summed E-state index contributed by atoms with van der Waals surface area (Å²) in [5.41, 5.74) is 0. The van der Waals surface area contributed by atoms with Gasteiger partial charge in [0.2, 0.25) is 5.91 Å². The van der Waals surface area contributed by atoms with Crippen LogP contribution in [0.1, 0.15) is 40.2 Å². The average molecular weight is 279 g/mol. The number of carboxylic acids is 1. The zero-order chi connectivity index (χ0) is 13.4. The van der Waals surface area contributed by atoms with Gasteiger partial charge in [-0.05, 0) is 49.7 Å². The SMILES string of the molecule is O=C(O)c1ccc(CNC(=O)C(C2CC2)C2CC2)s1. The van der Waals surface area contributed by atoms with E-state index in [9.17, 15) is 9.59 Å². The van der Waals surface area contributed by atoms with Crippen molar-refractivity contribution in [3.63, 3.8) is 0 Å². The molecule has 102 valence electrons. The summed E-state index contributed by atoms with van der Waals surface area (Å²) in [6.07, 6.45) is 4.76. The standard InChI is InChI=1S/C14H17NO3S/c16-13(12(8-1-2-8)9-3-4-9)15-7-10-5-6-11(19-10)14(17)18/h5-6,8-9,12H,1-4,7H2,(H,15,16)(H,17,18). The molecule has 0 bridgehead atoms. The Labute approximate surface area is 115 Å². The third-order valence-electron chi connectivity index (χ3n) is 3.87. The summed E-state index contributed by atoms with van der Waals surface area (Å²) in [6, 6.07) is 3.37. The van der Waals surface area contributed by atoms with Crippen molar-refractivity contribution in [2.24, 2.45) is 17.8 Å². The number of carbonyl (C=O) groups excluding carboxylic acids is 1. The molecule has 19 heavy (non-hydrogen) atoms. The lowest BCUT2D eigenvalue weighted by atomic mass is 9.97. The van der Waals surface area contributed by atoms with Crippen molar-refractivity contribution in [3.8, 4) is 0 Å². The molecule has 2 aliphatic carbocycles. The Hall–Kier alpha value is -1.36. The smallest absolute Gasteiger partial charge is 0.345 e. The lowest BCUT2D eigenvalue weighted by Crippen LogP contribution is -2.32. The molecule has 0 unspecified atom stereocenters. The van der Waals surface area contributed by atoms with E-state index in [-0.39, 0.29) is 11.8 Å². The summed E-state index contributed by atoms with van der Waals surface area (Å²) in [5, 5.41) is 11.8. The molecule has 2 aliphatic rings. The molecule has 0 spiro atoms. The first-order valence-corrected chi connectivity index (χ1v) is 7.56.